The second-order valence-electron chi connectivity index (χ2n) is 2.89. The third-order valence-electron chi connectivity index (χ3n) is 1.70. The summed E-state index contributed by atoms with van der Waals surface area (Å²) in [6.45, 7) is 4.37. The summed E-state index contributed by atoms with van der Waals surface area (Å²) in [6, 6.07) is 0. The number of aliphatic hydroxyl groups is 1. The first-order valence-corrected chi connectivity index (χ1v) is 4.14. The molecule has 0 radical (unpaired) electrons. The van der Waals surface area contributed by atoms with E-state index in [9.17, 15) is 0 Å². The first-order valence-electron chi connectivity index (χ1n) is 4.14. The van der Waals surface area contributed by atoms with Gasteiger partial charge in [0.25, 0.3) is 0 Å². The van der Waals surface area contributed by atoms with E-state index in [1.165, 1.54) is 0 Å². The Hall–Kier alpha value is -0.160. The molecular weight excluding hydrogens is 158 g/mol. The highest BCUT2D eigenvalue weighted by molar-refractivity contribution is 4.63. The summed E-state index contributed by atoms with van der Waals surface area (Å²) in [7, 11) is 1.60. The van der Waals surface area contributed by atoms with Crippen LogP contribution in [-0.4, -0.2) is 43.7 Å². The van der Waals surface area contributed by atoms with Crippen LogP contribution in [0.25, 0.3) is 0 Å². The maximum Gasteiger partial charge on any atom is 0.0935 e. The minimum absolute atomic E-state index is 0.125. The lowest BCUT2D eigenvalue weighted by Gasteiger charge is -2.22. The standard InChI is InChI=1S/C8H19NO3/c1-6(10)7(2)12-8(4-9)5-11-3/h6-8,10H,4-5,9H2,1-3H3. The fourth-order valence-electron chi connectivity index (χ4n) is 0.766. The molecule has 0 aliphatic carbocycles. The topological polar surface area (TPSA) is 64.7 Å². The van der Waals surface area contributed by atoms with Crippen LogP contribution in [0, 0.1) is 0 Å². The van der Waals surface area contributed by atoms with E-state index >= 15 is 0 Å². The van der Waals surface area contributed by atoms with Crippen LogP contribution >= 0.6 is 0 Å². The molecule has 4 heteroatoms. The number of hydrogen-bond acceptors (Lipinski definition) is 4. The molecule has 74 valence electrons. The highest BCUT2D eigenvalue weighted by atomic mass is 16.5. The molecule has 0 heterocycles. The van der Waals surface area contributed by atoms with Crippen molar-refractivity contribution in [2.75, 3.05) is 20.3 Å². The molecule has 0 saturated heterocycles. The van der Waals surface area contributed by atoms with Crippen molar-refractivity contribution in [1.29, 1.82) is 0 Å². The van der Waals surface area contributed by atoms with Gasteiger partial charge in [0, 0.05) is 13.7 Å². The van der Waals surface area contributed by atoms with E-state index in [0.29, 0.717) is 13.2 Å². The zero-order valence-electron chi connectivity index (χ0n) is 7.99. The molecule has 3 N–H and O–H groups in total. The van der Waals surface area contributed by atoms with Gasteiger partial charge in [0.2, 0.25) is 0 Å². The lowest BCUT2D eigenvalue weighted by atomic mass is 10.2. The van der Waals surface area contributed by atoms with Gasteiger partial charge >= 0.3 is 0 Å². The zero-order chi connectivity index (χ0) is 9.56. The van der Waals surface area contributed by atoms with Crippen molar-refractivity contribution >= 4 is 0 Å². The van der Waals surface area contributed by atoms with Crippen molar-refractivity contribution in [1.82, 2.24) is 0 Å². The summed E-state index contributed by atoms with van der Waals surface area (Å²) in [6.07, 6.45) is -0.802. The van der Waals surface area contributed by atoms with Gasteiger partial charge in [-0.05, 0) is 13.8 Å². The second-order valence-corrected chi connectivity index (χ2v) is 2.89. The van der Waals surface area contributed by atoms with Crippen molar-refractivity contribution in [3.63, 3.8) is 0 Å². The Balaban J connectivity index is 3.68. The van der Waals surface area contributed by atoms with Gasteiger partial charge in [-0.3, -0.25) is 0 Å². The van der Waals surface area contributed by atoms with Gasteiger partial charge in [0.05, 0.1) is 24.9 Å². The van der Waals surface area contributed by atoms with Crippen LogP contribution in [0.2, 0.25) is 0 Å². The number of methoxy groups -OCH3 is 1. The zero-order valence-corrected chi connectivity index (χ0v) is 7.99. The van der Waals surface area contributed by atoms with Crippen LogP contribution in [0.3, 0.4) is 0 Å². The van der Waals surface area contributed by atoms with Gasteiger partial charge in [-0.1, -0.05) is 0 Å². The number of aliphatic hydroxyl groups excluding tert-OH is 1. The van der Waals surface area contributed by atoms with Crippen LogP contribution in [0.5, 0.6) is 0 Å². The number of nitrogens with two attached hydrogens (primary N) is 1. The third-order valence-corrected chi connectivity index (χ3v) is 1.70. The van der Waals surface area contributed by atoms with Crippen LogP contribution in [0.4, 0.5) is 0 Å². The molecule has 0 saturated carbocycles. The van der Waals surface area contributed by atoms with Crippen LogP contribution in [0.1, 0.15) is 13.8 Å². The molecule has 3 unspecified atom stereocenters. The van der Waals surface area contributed by atoms with Gasteiger partial charge in [0.1, 0.15) is 0 Å². The number of ether oxygens (including phenoxy) is 2. The Morgan fingerprint density at radius 3 is 2.33 bits per heavy atom. The first kappa shape index (κ1) is 11.8. The minimum Gasteiger partial charge on any atom is -0.391 e. The summed E-state index contributed by atoms with van der Waals surface area (Å²) in [5, 5.41) is 9.13. The van der Waals surface area contributed by atoms with Crippen LogP contribution in [0.15, 0.2) is 0 Å². The molecule has 12 heavy (non-hydrogen) atoms. The predicted molar refractivity (Wildman–Crippen MR) is 46.9 cm³/mol. The molecule has 0 spiro atoms. The quantitative estimate of drug-likeness (QED) is 0.587. The Kier molecular flexibility index (Phi) is 6.28. The fourth-order valence-corrected chi connectivity index (χ4v) is 0.766. The molecule has 0 amide bonds. The van der Waals surface area contributed by atoms with Crippen LogP contribution in [-0.2, 0) is 9.47 Å². The Bertz CT molecular complexity index is 108. The van der Waals surface area contributed by atoms with E-state index in [0.717, 1.165) is 0 Å². The average Bonchev–Trinajstić information content (AvgIpc) is 2.03. The number of hydrogen-bond donors (Lipinski definition) is 2. The summed E-state index contributed by atoms with van der Waals surface area (Å²) in [5.41, 5.74) is 5.42. The molecule has 3 atom stereocenters. The van der Waals surface area contributed by atoms with Crippen molar-refractivity contribution in [3.05, 3.63) is 0 Å². The lowest BCUT2D eigenvalue weighted by Crippen LogP contribution is -2.35. The molecule has 0 bridgehead atoms. The molecule has 0 aromatic heterocycles. The van der Waals surface area contributed by atoms with E-state index in [1.807, 2.05) is 6.92 Å². The Morgan fingerprint density at radius 1 is 1.42 bits per heavy atom. The first-order chi connectivity index (χ1) is 5.61. The van der Waals surface area contributed by atoms with Crippen LogP contribution < -0.4 is 5.73 Å². The second kappa shape index (κ2) is 6.37. The van der Waals surface area contributed by atoms with Gasteiger partial charge in [-0.25, -0.2) is 0 Å². The highest BCUT2D eigenvalue weighted by Gasteiger charge is 2.15. The maximum absolute atomic E-state index is 9.13. The third kappa shape index (κ3) is 4.66. The van der Waals surface area contributed by atoms with E-state index in [-0.39, 0.29) is 12.2 Å². The largest absolute Gasteiger partial charge is 0.391 e. The summed E-state index contributed by atoms with van der Waals surface area (Å²) in [4.78, 5) is 0. The molecule has 4 nitrogen and oxygen atoms in total. The Labute approximate surface area is 73.7 Å². The smallest absolute Gasteiger partial charge is 0.0935 e. The van der Waals surface area contributed by atoms with Gasteiger partial charge in [0.15, 0.2) is 0 Å². The lowest BCUT2D eigenvalue weighted by molar-refractivity contribution is -0.0793. The molecular formula is C8H19NO3. The average molecular weight is 177 g/mol. The number of rotatable bonds is 6. The van der Waals surface area contributed by atoms with Crippen molar-refractivity contribution < 1.29 is 14.6 Å². The minimum atomic E-state index is -0.476. The van der Waals surface area contributed by atoms with E-state index in [2.05, 4.69) is 0 Å². The van der Waals surface area contributed by atoms with E-state index in [1.54, 1.807) is 14.0 Å². The summed E-state index contributed by atoms with van der Waals surface area (Å²) < 4.78 is 10.3. The van der Waals surface area contributed by atoms with Crippen molar-refractivity contribution in [3.8, 4) is 0 Å². The van der Waals surface area contributed by atoms with Crippen molar-refractivity contribution in [2.45, 2.75) is 32.2 Å². The SMILES string of the molecule is COCC(CN)OC(C)C(C)O. The fraction of sp³-hybridized carbons (Fsp3) is 1.00. The summed E-state index contributed by atoms with van der Waals surface area (Å²) in [5.74, 6) is 0. The van der Waals surface area contributed by atoms with E-state index < -0.39 is 6.10 Å². The Morgan fingerprint density at radius 2 is 2.00 bits per heavy atom. The van der Waals surface area contributed by atoms with Gasteiger partial charge < -0.3 is 20.3 Å². The predicted octanol–water partition coefficient (Wildman–Crippen LogP) is -0.254. The molecule has 0 aliphatic rings. The molecule has 0 rings (SSSR count). The molecule has 0 aromatic rings. The molecule has 0 aliphatic heterocycles. The van der Waals surface area contributed by atoms with Gasteiger partial charge in [-0.2, -0.15) is 0 Å². The molecule has 0 aromatic carbocycles. The monoisotopic (exact) mass is 177 g/mol. The normalized spacial score (nSPS) is 18.8. The van der Waals surface area contributed by atoms with Gasteiger partial charge in [-0.15, -0.1) is 0 Å². The maximum atomic E-state index is 9.13. The van der Waals surface area contributed by atoms with Crippen molar-refractivity contribution in [2.24, 2.45) is 5.73 Å². The molecule has 0 fully saturated rings. The highest BCUT2D eigenvalue weighted by Crippen LogP contribution is 2.02. The van der Waals surface area contributed by atoms with E-state index in [4.69, 9.17) is 20.3 Å². The summed E-state index contributed by atoms with van der Waals surface area (Å²) >= 11 is 0.